The van der Waals surface area contributed by atoms with Crippen LogP contribution < -0.4 is 39.8 Å². The first-order chi connectivity index (χ1) is 37.2. The van der Waals surface area contributed by atoms with E-state index in [1.54, 1.807) is 24.3 Å². The number of esters is 4. The van der Waals surface area contributed by atoms with Crippen molar-refractivity contribution in [2.24, 2.45) is 0 Å². The van der Waals surface area contributed by atoms with E-state index in [0.29, 0.717) is 39.1 Å². The Kier molecular flexibility index (Phi) is 21.0. The molecule has 1 N–H and O–H groups in total. The van der Waals surface area contributed by atoms with E-state index in [9.17, 15) is 38.4 Å². The smallest absolute Gasteiger partial charge is 1.00 e. The van der Waals surface area contributed by atoms with Gasteiger partial charge in [-0.15, -0.1) is 0 Å². The summed E-state index contributed by atoms with van der Waals surface area (Å²) in [6, 6.07) is 36.3. The SMILES string of the molecule is COC(=O)c1ccc(C(=O)Cl)cc1.COC(=O)c1ccc(C(=O)N(C(=O)c2ccc(C(=O)OC)cc2)c2ccc3c(c2)C(C)(C)CCC3(C)C)cc1.COC(=O)c1ccc(C(=O)Nc2ccc3c(c2)C(C)(C)CCC3(C)C)cc1.[H-].[Na+]. The molecule has 0 heterocycles. The molecule has 0 aromatic heterocycles. The number of nitrogens with one attached hydrogen (secondary N) is 1. The molecule has 0 atom stereocenters. The minimum absolute atomic E-state index is 0. The number of imide groups is 1. The van der Waals surface area contributed by atoms with Gasteiger partial charge in [0.2, 0.25) is 0 Å². The minimum Gasteiger partial charge on any atom is -1.00 e. The third-order valence-electron chi connectivity index (χ3n) is 14.8. The third-order valence-corrected chi connectivity index (χ3v) is 15.0. The molecule has 0 radical (unpaired) electrons. The maximum atomic E-state index is 13.9. The van der Waals surface area contributed by atoms with E-state index in [4.69, 9.17) is 21.1 Å². The van der Waals surface area contributed by atoms with Crippen molar-refractivity contribution >= 4 is 69.8 Å². The zero-order valence-corrected chi connectivity index (χ0v) is 50.5. The van der Waals surface area contributed by atoms with Gasteiger partial charge in [-0.1, -0.05) is 67.5 Å². The van der Waals surface area contributed by atoms with Gasteiger partial charge in [-0.2, -0.15) is 0 Å². The van der Waals surface area contributed by atoms with Crippen molar-refractivity contribution in [3.8, 4) is 0 Å². The van der Waals surface area contributed by atoms with Crippen LogP contribution in [0.5, 0.6) is 0 Å². The zero-order chi connectivity index (χ0) is 58.2. The quantitative estimate of drug-likeness (QED) is 0.0450. The van der Waals surface area contributed by atoms with Gasteiger partial charge in [0.15, 0.2) is 0 Å². The first kappa shape index (κ1) is 63.6. The summed E-state index contributed by atoms with van der Waals surface area (Å²) < 4.78 is 18.7. The number of ether oxygens (including phenoxy) is 4. The number of carbonyl (C=O) groups is 8. The van der Waals surface area contributed by atoms with Crippen molar-refractivity contribution in [2.45, 2.75) is 103 Å². The average Bonchev–Trinajstić information content (AvgIpc) is 3.46. The van der Waals surface area contributed by atoms with Crippen LogP contribution in [0.1, 0.15) is 188 Å². The summed E-state index contributed by atoms with van der Waals surface area (Å²) in [4.78, 5) is 98.4. The first-order valence-corrected chi connectivity index (χ1v) is 26.0. The predicted octanol–water partition coefficient (Wildman–Crippen LogP) is 10.1. The van der Waals surface area contributed by atoms with Gasteiger partial charge >= 0.3 is 53.4 Å². The number of hydrogen-bond acceptors (Lipinski definition) is 12. The number of amides is 3. The molecule has 8 rings (SSSR count). The summed E-state index contributed by atoms with van der Waals surface area (Å²) in [5, 5.41) is 2.44. The van der Waals surface area contributed by atoms with Gasteiger partial charge in [0.1, 0.15) is 0 Å². The van der Waals surface area contributed by atoms with E-state index in [2.05, 4.69) is 82.3 Å². The second-order valence-corrected chi connectivity index (χ2v) is 22.3. The van der Waals surface area contributed by atoms with Crippen molar-refractivity contribution in [1.29, 1.82) is 0 Å². The van der Waals surface area contributed by atoms with Gasteiger partial charge < -0.3 is 25.7 Å². The Morgan fingerprint density at radius 3 is 1.02 bits per heavy atom. The molecule has 0 saturated carbocycles. The molecule has 414 valence electrons. The Hall–Kier alpha value is -7.23. The Bertz CT molecular complexity index is 3230. The summed E-state index contributed by atoms with van der Waals surface area (Å²) in [5.41, 5.74) is 9.01. The zero-order valence-electron chi connectivity index (χ0n) is 48.8. The van der Waals surface area contributed by atoms with Gasteiger partial charge in [-0.05, 0) is 203 Å². The van der Waals surface area contributed by atoms with E-state index >= 15 is 0 Å². The molecule has 80 heavy (non-hydrogen) atoms. The minimum atomic E-state index is -0.545. The van der Waals surface area contributed by atoms with Crippen molar-refractivity contribution < 1.29 is 88.3 Å². The van der Waals surface area contributed by atoms with Crippen LogP contribution in [0.25, 0.3) is 0 Å². The maximum Gasteiger partial charge on any atom is 1.00 e. The molecule has 0 bridgehead atoms. The normalized spacial score (nSPS) is 14.6. The average molecular weight is 1120 g/mol. The Morgan fingerprint density at radius 1 is 0.400 bits per heavy atom. The molecular formula is C64H68ClN2NaO12. The summed E-state index contributed by atoms with van der Waals surface area (Å²) in [5.74, 6) is -3.17. The van der Waals surface area contributed by atoms with Crippen molar-refractivity contribution in [1.82, 2.24) is 0 Å². The second kappa shape index (κ2) is 26.4. The van der Waals surface area contributed by atoms with Crippen LogP contribution in [0, 0.1) is 0 Å². The number of benzene rings is 6. The molecule has 2 aliphatic carbocycles. The standard InChI is InChI=1S/C32H33NO6.C23H27NO3.C9H7ClO3.Na.H/c1-31(2)17-18-32(3,4)26-19-24(15-16-25(26)31)33(27(34)20-7-11-22(12-8-20)29(36)38-5)28(35)21-9-13-23(14-10-21)30(37)39-6;1-22(2)12-13-23(3,4)19-14-17(10-11-18(19)22)24-20(25)15-6-8-16(9-7-15)21(26)27-5;1-13-9(12)7-4-2-6(3-5-7)8(10)11;;/h7-16,19H,17-18H2,1-6H3;6-11,14H,12-13H2,1-5H3,(H,24,25);2-5H,1H3;;/q;;;+1;-1. The van der Waals surface area contributed by atoms with Crippen LogP contribution in [0.2, 0.25) is 0 Å². The molecule has 3 amide bonds. The molecule has 16 heteroatoms. The number of anilines is 2. The fourth-order valence-electron chi connectivity index (χ4n) is 9.63. The third kappa shape index (κ3) is 14.8. The van der Waals surface area contributed by atoms with E-state index in [1.165, 1.54) is 118 Å². The molecule has 6 aromatic rings. The van der Waals surface area contributed by atoms with Crippen molar-refractivity contribution in [3.05, 3.63) is 200 Å². The number of halogens is 1. The largest absolute Gasteiger partial charge is 1.00 e. The topological polar surface area (TPSA) is 189 Å². The van der Waals surface area contributed by atoms with Gasteiger partial charge in [0, 0.05) is 27.9 Å². The van der Waals surface area contributed by atoms with Crippen LogP contribution in [-0.4, -0.2) is 75.3 Å². The monoisotopic (exact) mass is 1110 g/mol. The number of hydrogen-bond donors (Lipinski definition) is 1. The fourth-order valence-corrected chi connectivity index (χ4v) is 9.76. The molecule has 0 saturated heterocycles. The van der Waals surface area contributed by atoms with Crippen LogP contribution in [0.15, 0.2) is 133 Å². The van der Waals surface area contributed by atoms with Crippen LogP contribution in [0.4, 0.5) is 11.4 Å². The molecular weight excluding hydrogens is 1050 g/mol. The fraction of sp³-hybridized carbons (Fsp3) is 0.312. The Morgan fingerprint density at radius 2 is 0.688 bits per heavy atom. The number of nitrogens with zero attached hydrogens (tertiary/aromatic N) is 1. The summed E-state index contributed by atoms with van der Waals surface area (Å²) in [6.45, 7) is 17.9. The van der Waals surface area contributed by atoms with Gasteiger partial charge in [-0.25, -0.2) is 24.1 Å². The maximum absolute atomic E-state index is 13.9. The van der Waals surface area contributed by atoms with Gasteiger partial charge in [0.05, 0.1) is 56.4 Å². The number of fused-ring (bicyclic) bond motifs is 2. The van der Waals surface area contributed by atoms with Crippen LogP contribution in [-0.2, 0) is 40.6 Å². The van der Waals surface area contributed by atoms with Crippen molar-refractivity contribution in [3.63, 3.8) is 0 Å². The van der Waals surface area contributed by atoms with Crippen LogP contribution in [0.3, 0.4) is 0 Å². The van der Waals surface area contributed by atoms with Crippen LogP contribution >= 0.6 is 11.6 Å². The van der Waals surface area contributed by atoms with Gasteiger partial charge in [0.25, 0.3) is 23.0 Å². The molecule has 0 unspecified atom stereocenters. The molecule has 0 aliphatic heterocycles. The number of rotatable bonds is 10. The number of methoxy groups -OCH3 is 4. The molecule has 0 spiro atoms. The van der Waals surface area contributed by atoms with E-state index < -0.39 is 40.9 Å². The molecule has 6 aromatic carbocycles. The number of carbonyl (C=O) groups excluding carboxylic acids is 8. The van der Waals surface area contributed by atoms with Crippen molar-refractivity contribution in [2.75, 3.05) is 38.7 Å². The van der Waals surface area contributed by atoms with E-state index in [-0.39, 0.29) is 69.7 Å². The second-order valence-electron chi connectivity index (χ2n) is 22.0. The Labute approximate surface area is 496 Å². The summed E-state index contributed by atoms with van der Waals surface area (Å²) in [6.07, 6.45) is 4.29. The first-order valence-electron chi connectivity index (χ1n) is 25.6. The molecule has 0 fully saturated rings. The van der Waals surface area contributed by atoms with Gasteiger partial charge in [-0.3, -0.25) is 19.2 Å². The summed E-state index contributed by atoms with van der Waals surface area (Å²) in [7, 11) is 5.20. The predicted molar refractivity (Wildman–Crippen MR) is 305 cm³/mol. The van der Waals surface area contributed by atoms with E-state index in [1.807, 2.05) is 24.3 Å². The Balaban J connectivity index is 0.000000290. The van der Waals surface area contributed by atoms with E-state index in [0.717, 1.165) is 41.8 Å². The molecule has 2 aliphatic rings. The molecule has 14 nitrogen and oxygen atoms in total. The summed E-state index contributed by atoms with van der Waals surface area (Å²) >= 11 is 5.21.